The van der Waals surface area contributed by atoms with Crippen molar-refractivity contribution in [2.75, 3.05) is 38.0 Å². The first-order valence-electron chi connectivity index (χ1n) is 13.7. The number of benzene rings is 3. The Morgan fingerprint density at radius 2 is 1.53 bits per heavy atom. The van der Waals surface area contributed by atoms with Crippen molar-refractivity contribution < 1.29 is 23.3 Å². The molecule has 3 aromatic carbocycles. The molecule has 1 heterocycles. The lowest BCUT2D eigenvalue weighted by molar-refractivity contribution is -0.384. The summed E-state index contributed by atoms with van der Waals surface area (Å²) in [6.07, 6.45) is 2.42. The van der Waals surface area contributed by atoms with Crippen LogP contribution in [0.5, 0.6) is 0 Å². The van der Waals surface area contributed by atoms with E-state index in [4.69, 9.17) is 28.9 Å². The summed E-state index contributed by atoms with van der Waals surface area (Å²) in [5, 5.41) is 13.4. The van der Waals surface area contributed by atoms with Gasteiger partial charge in [0.1, 0.15) is 17.7 Å². The largest absolute Gasteiger partial charge is 0.368 e. The van der Waals surface area contributed by atoms with Gasteiger partial charge in [-0.1, -0.05) is 53.9 Å². The molecule has 1 aliphatic rings. The first kappa shape index (κ1) is 32.3. The molecule has 1 atom stereocenters. The highest BCUT2D eigenvalue weighted by atomic mass is 35.5. The van der Waals surface area contributed by atoms with Gasteiger partial charge in [0.2, 0.25) is 11.8 Å². The van der Waals surface area contributed by atoms with E-state index in [-0.39, 0.29) is 45.5 Å². The van der Waals surface area contributed by atoms with E-state index in [1.807, 2.05) is 0 Å². The van der Waals surface area contributed by atoms with Gasteiger partial charge in [-0.25, -0.2) is 8.78 Å². The third kappa shape index (κ3) is 8.70. The van der Waals surface area contributed by atoms with Gasteiger partial charge in [-0.3, -0.25) is 29.5 Å². The van der Waals surface area contributed by atoms with Crippen molar-refractivity contribution in [3.8, 4) is 0 Å². The van der Waals surface area contributed by atoms with Gasteiger partial charge in [0.15, 0.2) is 0 Å². The molecule has 1 fully saturated rings. The van der Waals surface area contributed by atoms with Crippen molar-refractivity contribution in [1.82, 2.24) is 9.80 Å². The third-order valence-electron chi connectivity index (χ3n) is 7.51. The SMILES string of the molecule is NC(=O)C1CN(CCCCC(c2ccc(F)cc2)c2ccc(F)cc2)CCN1CC(=O)Nc1c(Cl)cc([N+](=O)[O-])cc1Cl. The molecule has 228 valence electrons. The Morgan fingerprint density at radius 3 is 2.05 bits per heavy atom. The van der Waals surface area contributed by atoms with Gasteiger partial charge in [0.05, 0.1) is 27.2 Å². The Kier molecular flexibility index (Phi) is 11.0. The van der Waals surface area contributed by atoms with E-state index < -0.39 is 22.8 Å². The number of carbonyl (C=O) groups is 2. The number of nitrogens with two attached hydrogens (primary N) is 1. The van der Waals surface area contributed by atoms with Crippen LogP contribution in [-0.2, 0) is 9.59 Å². The number of nitrogens with one attached hydrogen (secondary N) is 1. The van der Waals surface area contributed by atoms with Crippen molar-refractivity contribution in [3.05, 3.63) is 104 Å². The molecule has 1 unspecified atom stereocenters. The second-order valence-corrected chi connectivity index (χ2v) is 11.2. The summed E-state index contributed by atoms with van der Waals surface area (Å²) in [6.45, 7) is 1.92. The van der Waals surface area contributed by atoms with Gasteiger partial charge in [-0.15, -0.1) is 0 Å². The van der Waals surface area contributed by atoms with Crippen LogP contribution in [0.15, 0.2) is 60.7 Å². The monoisotopic (exact) mass is 633 g/mol. The number of nitrogens with zero attached hydrogens (tertiary/aromatic N) is 3. The fourth-order valence-corrected chi connectivity index (χ4v) is 5.86. The summed E-state index contributed by atoms with van der Waals surface area (Å²) in [5.74, 6) is -1.71. The number of rotatable bonds is 12. The van der Waals surface area contributed by atoms with E-state index >= 15 is 0 Å². The second-order valence-electron chi connectivity index (χ2n) is 10.4. The molecule has 3 aromatic rings. The normalized spacial score (nSPS) is 15.9. The number of unbranched alkanes of at least 4 members (excludes halogenated alkanes) is 1. The van der Waals surface area contributed by atoms with Crippen molar-refractivity contribution in [3.63, 3.8) is 0 Å². The predicted octanol–water partition coefficient (Wildman–Crippen LogP) is 5.59. The van der Waals surface area contributed by atoms with Gasteiger partial charge in [-0.2, -0.15) is 0 Å². The Morgan fingerprint density at radius 1 is 0.977 bits per heavy atom. The molecule has 0 bridgehead atoms. The summed E-state index contributed by atoms with van der Waals surface area (Å²) < 4.78 is 27.1. The van der Waals surface area contributed by atoms with Crippen LogP contribution in [0.25, 0.3) is 0 Å². The van der Waals surface area contributed by atoms with Crippen LogP contribution in [0.2, 0.25) is 10.0 Å². The highest BCUT2D eigenvalue weighted by Gasteiger charge is 2.32. The molecule has 0 saturated carbocycles. The standard InChI is InChI=1S/C30H31Cl2F2N5O4/c31-25-15-23(39(42)43)16-26(32)29(25)36-28(40)18-38-14-13-37(17-27(38)30(35)41)12-2-1-3-24(19-4-8-21(33)9-5-19)20-6-10-22(34)11-7-20/h4-11,15-16,24,27H,1-3,12-14,17-18H2,(H2,35,41)(H,36,40). The molecule has 0 spiro atoms. The number of halogens is 4. The van der Waals surface area contributed by atoms with E-state index in [0.717, 1.165) is 42.5 Å². The van der Waals surface area contributed by atoms with Gasteiger partial charge in [0.25, 0.3) is 5.69 Å². The van der Waals surface area contributed by atoms with E-state index in [0.29, 0.717) is 26.2 Å². The Balaban J connectivity index is 1.31. The van der Waals surface area contributed by atoms with Gasteiger partial charge in [0, 0.05) is 37.7 Å². The van der Waals surface area contributed by atoms with E-state index in [1.165, 1.54) is 24.3 Å². The van der Waals surface area contributed by atoms with Crippen molar-refractivity contribution in [2.45, 2.75) is 31.2 Å². The maximum Gasteiger partial charge on any atom is 0.272 e. The minimum absolute atomic E-state index is 0.0207. The number of nitro groups is 1. The lowest BCUT2D eigenvalue weighted by Gasteiger charge is -2.39. The molecule has 0 radical (unpaired) electrons. The summed E-state index contributed by atoms with van der Waals surface area (Å²) in [6, 6.07) is 14.2. The molecule has 0 aromatic heterocycles. The second kappa shape index (κ2) is 14.7. The quantitative estimate of drug-likeness (QED) is 0.152. The zero-order valence-electron chi connectivity index (χ0n) is 23.1. The van der Waals surface area contributed by atoms with Gasteiger partial charge < -0.3 is 11.1 Å². The van der Waals surface area contributed by atoms with Crippen molar-refractivity contribution >= 4 is 46.4 Å². The maximum atomic E-state index is 13.5. The fourth-order valence-electron chi connectivity index (χ4n) is 5.29. The van der Waals surface area contributed by atoms with Crippen LogP contribution in [0, 0.1) is 21.7 Å². The number of non-ortho nitro benzene ring substituents is 1. The number of nitro benzene ring substituents is 1. The first-order chi connectivity index (χ1) is 20.5. The summed E-state index contributed by atoms with van der Waals surface area (Å²) in [5.41, 5.74) is 7.33. The predicted molar refractivity (Wildman–Crippen MR) is 161 cm³/mol. The van der Waals surface area contributed by atoms with E-state index in [1.54, 1.807) is 29.2 Å². The lowest BCUT2D eigenvalue weighted by atomic mass is 9.87. The van der Waals surface area contributed by atoms with Gasteiger partial charge >= 0.3 is 0 Å². The zero-order valence-corrected chi connectivity index (χ0v) is 24.7. The Bertz CT molecular complexity index is 1390. The van der Waals surface area contributed by atoms with Crippen LogP contribution in [-0.4, -0.2) is 65.3 Å². The molecule has 9 nitrogen and oxygen atoms in total. The molecule has 0 aliphatic carbocycles. The van der Waals surface area contributed by atoms with E-state index in [2.05, 4.69) is 10.2 Å². The summed E-state index contributed by atoms with van der Waals surface area (Å²) in [4.78, 5) is 39.3. The number of amides is 2. The molecule has 4 rings (SSSR count). The van der Waals surface area contributed by atoms with Crippen LogP contribution in [0.1, 0.15) is 36.3 Å². The molecular weight excluding hydrogens is 603 g/mol. The number of hydrogen-bond acceptors (Lipinski definition) is 6. The number of piperazine rings is 1. The highest BCUT2D eigenvalue weighted by molar-refractivity contribution is 6.40. The molecule has 1 aliphatic heterocycles. The van der Waals surface area contributed by atoms with Gasteiger partial charge in [-0.05, 0) is 54.8 Å². The fraction of sp³-hybridized carbons (Fsp3) is 0.333. The Hall–Kier alpha value is -3.64. The number of carbonyl (C=O) groups excluding carboxylic acids is 2. The molecule has 2 amide bonds. The summed E-state index contributed by atoms with van der Waals surface area (Å²) in [7, 11) is 0. The molecule has 43 heavy (non-hydrogen) atoms. The van der Waals surface area contributed by atoms with Crippen LogP contribution < -0.4 is 11.1 Å². The molecular formula is C30H31Cl2F2N5O4. The Labute approximate surface area is 257 Å². The summed E-state index contributed by atoms with van der Waals surface area (Å²) >= 11 is 12.2. The topological polar surface area (TPSA) is 122 Å². The minimum atomic E-state index is -0.700. The average Bonchev–Trinajstić information content (AvgIpc) is 2.96. The third-order valence-corrected chi connectivity index (χ3v) is 8.11. The zero-order chi connectivity index (χ0) is 31.1. The highest BCUT2D eigenvalue weighted by Crippen LogP contribution is 2.35. The van der Waals surface area contributed by atoms with Crippen molar-refractivity contribution in [2.24, 2.45) is 5.73 Å². The number of hydrogen-bond donors (Lipinski definition) is 2. The maximum absolute atomic E-state index is 13.5. The number of primary amides is 1. The van der Waals surface area contributed by atoms with Crippen LogP contribution in [0.4, 0.5) is 20.2 Å². The average molecular weight is 635 g/mol. The number of anilines is 1. The van der Waals surface area contributed by atoms with Crippen LogP contribution >= 0.6 is 23.2 Å². The lowest BCUT2D eigenvalue weighted by Crippen LogP contribution is -2.59. The smallest absolute Gasteiger partial charge is 0.272 e. The molecule has 1 saturated heterocycles. The molecule has 13 heteroatoms. The molecule has 3 N–H and O–H groups in total. The van der Waals surface area contributed by atoms with Crippen LogP contribution in [0.3, 0.4) is 0 Å². The minimum Gasteiger partial charge on any atom is -0.368 e. The first-order valence-corrected chi connectivity index (χ1v) is 14.5. The van der Waals surface area contributed by atoms with E-state index in [9.17, 15) is 28.5 Å². The van der Waals surface area contributed by atoms with Crippen molar-refractivity contribution in [1.29, 1.82) is 0 Å².